The lowest BCUT2D eigenvalue weighted by Gasteiger charge is -2.25. The SMILES string of the molecule is C=CCC[C@@H](CN(C)CCN(C)C)Oc1cncc(C(=O)N(C)C)n1. The summed E-state index contributed by atoms with van der Waals surface area (Å²) in [6.45, 7) is 6.49. The first-order valence-corrected chi connectivity index (χ1v) is 8.48. The van der Waals surface area contributed by atoms with E-state index >= 15 is 0 Å². The highest BCUT2D eigenvalue weighted by molar-refractivity contribution is 5.91. The minimum absolute atomic E-state index is 0.0378. The molecule has 0 bridgehead atoms. The van der Waals surface area contributed by atoms with Gasteiger partial charge in [-0.15, -0.1) is 6.58 Å². The van der Waals surface area contributed by atoms with Crippen LogP contribution in [0.25, 0.3) is 0 Å². The van der Waals surface area contributed by atoms with E-state index in [9.17, 15) is 4.79 Å². The van der Waals surface area contributed by atoms with E-state index in [1.807, 2.05) is 6.08 Å². The van der Waals surface area contributed by atoms with Gasteiger partial charge < -0.3 is 19.4 Å². The number of amides is 1. The Hall–Kier alpha value is -1.99. The first-order chi connectivity index (χ1) is 11.8. The predicted molar refractivity (Wildman–Crippen MR) is 99.9 cm³/mol. The molecule has 0 N–H and O–H groups in total. The molecule has 0 aliphatic heterocycles. The van der Waals surface area contributed by atoms with Crippen molar-refractivity contribution in [3.8, 4) is 5.88 Å². The molecule has 0 radical (unpaired) electrons. The molecule has 1 aromatic rings. The lowest BCUT2D eigenvalue weighted by atomic mass is 10.2. The van der Waals surface area contributed by atoms with Crippen molar-refractivity contribution in [2.24, 2.45) is 0 Å². The second kappa shape index (κ2) is 10.8. The van der Waals surface area contributed by atoms with Gasteiger partial charge in [-0.05, 0) is 34.0 Å². The Labute approximate surface area is 151 Å². The lowest BCUT2D eigenvalue weighted by Crippen LogP contribution is -2.37. The maximum atomic E-state index is 12.0. The van der Waals surface area contributed by atoms with Gasteiger partial charge in [0.05, 0.1) is 12.4 Å². The monoisotopic (exact) mass is 349 g/mol. The minimum atomic E-state index is -0.191. The summed E-state index contributed by atoms with van der Waals surface area (Å²) >= 11 is 0. The van der Waals surface area contributed by atoms with Crippen LogP contribution in [-0.2, 0) is 0 Å². The summed E-state index contributed by atoms with van der Waals surface area (Å²) in [7, 11) is 9.56. The number of rotatable bonds is 11. The second-order valence-electron chi connectivity index (χ2n) is 6.61. The largest absolute Gasteiger partial charge is 0.472 e. The van der Waals surface area contributed by atoms with Gasteiger partial charge in [-0.3, -0.25) is 9.78 Å². The zero-order valence-corrected chi connectivity index (χ0v) is 16.1. The quantitative estimate of drug-likeness (QED) is 0.563. The Morgan fingerprint density at radius 3 is 2.56 bits per heavy atom. The fourth-order valence-corrected chi connectivity index (χ4v) is 2.21. The molecule has 0 aliphatic rings. The summed E-state index contributed by atoms with van der Waals surface area (Å²) in [4.78, 5) is 26.3. The first kappa shape index (κ1) is 21.1. The molecule has 0 aliphatic carbocycles. The molecule has 7 nitrogen and oxygen atoms in total. The molecule has 1 atom stereocenters. The van der Waals surface area contributed by atoms with Crippen molar-refractivity contribution >= 4 is 5.91 Å². The van der Waals surface area contributed by atoms with Crippen LogP contribution in [0.1, 0.15) is 23.3 Å². The van der Waals surface area contributed by atoms with E-state index in [0.29, 0.717) is 5.88 Å². The van der Waals surface area contributed by atoms with Gasteiger partial charge in [-0.2, -0.15) is 0 Å². The average Bonchev–Trinajstić information content (AvgIpc) is 2.57. The van der Waals surface area contributed by atoms with Crippen LogP contribution in [0, 0.1) is 0 Å². The molecule has 1 amide bonds. The maximum Gasteiger partial charge on any atom is 0.273 e. The zero-order valence-electron chi connectivity index (χ0n) is 16.1. The third kappa shape index (κ3) is 8.09. The Bertz CT molecular complexity index is 548. The molecule has 1 rings (SSSR count). The Balaban J connectivity index is 2.75. The van der Waals surface area contributed by atoms with Gasteiger partial charge >= 0.3 is 0 Å². The molecule has 0 saturated heterocycles. The summed E-state index contributed by atoms with van der Waals surface area (Å²) in [6, 6.07) is 0. The molecule has 1 heterocycles. The van der Waals surface area contributed by atoms with Gasteiger partial charge in [-0.1, -0.05) is 6.08 Å². The van der Waals surface area contributed by atoms with Crippen LogP contribution in [0.4, 0.5) is 0 Å². The molecule has 0 fully saturated rings. The van der Waals surface area contributed by atoms with Crippen LogP contribution in [-0.4, -0.2) is 91.6 Å². The Morgan fingerprint density at radius 1 is 1.24 bits per heavy atom. The molecule has 0 saturated carbocycles. The predicted octanol–water partition coefficient (Wildman–Crippen LogP) is 1.39. The second-order valence-corrected chi connectivity index (χ2v) is 6.61. The van der Waals surface area contributed by atoms with Crippen LogP contribution < -0.4 is 4.74 Å². The highest BCUT2D eigenvalue weighted by Crippen LogP contribution is 2.13. The van der Waals surface area contributed by atoms with Crippen molar-refractivity contribution in [2.45, 2.75) is 18.9 Å². The number of carbonyl (C=O) groups is 1. The van der Waals surface area contributed by atoms with Crippen molar-refractivity contribution in [3.63, 3.8) is 0 Å². The number of hydrogen-bond donors (Lipinski definition) is 0. The highest BCUT2D eigenvalue weighted by atomic mass is 16.5. The summed E-state index contributed by atoms with van der Waals surface area (Å²) in [5, 5.41) is 0. The van der Waals surface area contributed by atoms with E-state index in [1.165, 1.54) is 11.1 Å². The van der Waals surface area contributed by atoms with Crippen LogP contribution in [0.3, 0.4) is 0 Å². The first-order valence-electron chi connectivity index (χ1n) is 8.48. The topological polar surface area (TPSA) is 61.8 Å². The number of hydrogen-bond acceptors (Lipinski definition) is 6. The highest BCUT2D eigenvalue weighted by Gasteiger charge is 2.16. The summed E-state index contributed by atoms with van der Waals surface area (Å²) in [5.74, 6) is 0.187. The van der Waals surface area contributed by atoms with Crippen molar-refractivity contribution in [2.75, 3.05) is 54.9 Å². The van der Waals surface area contributed by atoms with E-state index in [0.717, 1.165) is 32.5 Å². The van der Waals surface area contributed by atoms with Gasteiger partial charge in [0.15, 0.2) is 5.69 Å². The number of nitrogens with zero attached hydrogens (tertiary/aromatic N) is 5. The fourth-order valence-electron chi connectivity index (χ4n) is 2.21. The van der Waals surface area contributed by atoms with Crippen LogP contribution >= 0.6 is 0 Å². The third-order valence-corrected chi connectivity index (χ3v) is 3.66. The molecular weight excluding hydrogens is 318 g/mol. The van der Waals surface area contributed by atoms with Crippen molar-refractivity contribution < 1.29 is 9.53 Å². The molecule has 1 aromatic heterocycles. The van der Waals surface area contributed by atoms with Gasteiger partial charge in [0.1, 0.15) is 6.10 Å². The lowest BCUT2D eigenvalue weighted by molar-refractivity contribution is 0.0817. The number of aromatic nitrogens is 2. The van der Waals surface area contributed by atoms with E-state index in [-0.39, 0.29) is 17.7 Å². The fraction of sp³-hybridized carbons (Fsp3) is 0.611. The smallest absolute Gasteiger partial charge is 0.273 e. The molecular formula is C18H31N5O2. The van der Waals surface area contributed by atoms with Crippen molar-refractivity contribution in [1.29, 1.82) is 0 Å². The van der Waals surface area contributed by atoms with Gasteiger partial charge in [0, 0.05) is 33.7 Å². The van der Waals surface area contributed by atoms with E-state index in [1.54, 1.807) is 20.3 Å². The van der Waals surface area contributed by atoms with Crippen LogP contribution in [0.2, 0.25) is 0 Å². The summed E-state index contributed by atoms with van der Waals surface area (Å²) in [6.07, 6.45) is 6.54. The van der Waals surface area contributed by atoms with E-state index in [4.69, 9.17) is 4.74 Å². The molecule has 7 heteroatoms. The van der Waals surface area contributed by atoms with Crippen molar-refractivity contribution in [1.82, 2.24) is 24.7 Å². The molecule has 0 spiro atoms. The summed E-state index contributed by atoms with van der Waals surface area (Å²) < 4.78 is 6.02. The average molecular weight is 349 g/mol. The molecule has 25 heavy (non-hydrogen) atoms. The normalized spacial score (nSPS) is 12.3. The Morgan fingerprint density at radius 2 is 1.96 bits per heavy atom. The number of carbonyl (C=O) groups excluding carboxylic acids is 1. The van der Waals surface area contributed by atoms with E-state index in [2.05, 4.69) is 47.5 Å². The van der Waals surface area contributed by atoms with E-state index < -0.39 is 0 Å². The van der Waals surface area contributed by atoms with Crippen molar-refractivity contribution in [3.05, 3.63) is 30.7 Å². The molecule has 0 unspecified atom stereocenters. The van der Waals surface area contributed by atoms with Crippen LogP contribution in [0.15, 0.2) is 25.0 Å². The van der Waals surface area contributed by atoms with Gasteiger partial charge in [0.25, 0.3) is 5.91 Å². The number of ether oxygens (including phenoxy) is 1. The van der Waals surface area contributed by atoms with Gasteiger partial charge in [-0.25, -0.2) is 4.98 Å². The number of allylic oxidation sites excluding steroid dienone is 1. The summed E-state index contributed by atoms with van der Waals surface area (Å²) in [5.41, 5.74) is 0.283. The molecule has 0 aromatic carbocycles. The standard InChI is InChI=1S/C18H31N5O2/c1-7-8-9-15(14-23(6)11-10-21(2)3)25-17-13-19-12-16(20-17)18(24)22(4)5/h7,12-13,15H,1,8-11,14H2,2-6H3/t15-/m0/s1. The zero-order chi connectivity index (χ0) is 18.8. The number of likely N-dealkylation sites (N-methyl/N-ethyl adjacent to an activating group) is 2. The van der Waals surface area contributed by atoms with Gasteiger partial charge in [0.2, 0.25) is 5.88 Å². The minimum Gasteiger partial charge on any atom is -0.472 e. The van der Waals surface area contributed by atoms with Crippen LogP contribution in [0.5, 0.6) is 5.88 Å². The Kier molecular flexibility index (Phi) is 9.08. The third-order valence-electron chi connectivity index (χ3n) is 3.66. The maximum absolute atomic E-state index is 12.0. The molecule has 140 valence electrons.